The number of hydrogen-bond donors (Lipinski definition) is 1. The van der Waals surface area contributed by atoms with E-state index in [9.17, 15) is 13.2 Å². The predicted octanol–water partition coefficient (Wildman–Crippen LogP) is 2.73. The van der Waals surface area contributed by atoms with E-state index >= 15 is 0 Å². The first kappa shape index (κ1) is 21.7. The van der Waals surface area contributed by atoms with Gasteiger partial charge in [0.25, 0.3) is 0 Å². The Labute approximate surface area is 163 Å². The van der Waals surface area contributed by atoms with Gasteiger partial charge < -0.3 is 10.1 Å². The van der Waals surface area contributed by atoms with Crippen LogP contribution < -0.4 is 10.1 Å². The molecule has 1 aliphatic rings. The Balaban J connectivity index is 1.83. The van der Waals surface area contributed by atoms with Gasteiger partial charge in [0.1, 0.15) is 5.75 Å². The highest BCUT2D eigenvalue weighted by Crippen LogP contribution is 2.17. The van der Waals surface area contributed by atoms with Crippen molar-refractivity contribution in [3.05, 3.63) is 29.8 Å². The molecule has 7 heteroatoms. The molecule has 152 valence electrons. The highest BCUT2D eigenvalue weighted by atomic mass is 32.2. The van der Waals surface area contributed by atoms with Gasteiger partial charge in [-0.15, -0.1) is 0 Å². The molecule has 1 N–H and O–H groups in total. The van der Waals surface area contributed by atoms with Crippen LogP contribution >= 0.6 is 0 Å². The van der Waals surface area contributed by atoms with Crippen molar-refractivity contribution >= 4 is 15.9 Å². The first-order valence-electron chi connectivity index (χ1n) is 9.76. The number of benzene rings is 1. The number of carbonyl (C=O) groups is 1. The van der Waals surface area contributed by atoms with Crippen LogP contribution in [0.5, 0.6) is 5.75 Å². The number of nitrogens with one attached hydrogen (secondary N) is 1. The molecule has 0 unspecified atom stereocenters. The van der Waals surface area contributed by atoms with Crippen LogP contribution in [0, 0.1) is 0 Å². The molecule has 0 atom stereocenters. The molecule has 1 saturated carbocycles. The highest BCUT2D eigenvalue weighted by molar-refractivity contribution is 7.88. The highest BCUT2D eigenvalue weighted by Gasteiger charge is 2.19. The normalized spacial score (nSPS) is 16.1. The summed E-state index contributed by atoms with van der Waals surface area (Å²) in [6.07, 6.45) is 8.83. The second-order valence-corrected chi connectivity index (χ2v) is 9.25. The largest absolute Gasteiger partial charge is 0.497 e. The van der Waals surface area contributed by atoms with E-state index in [0.717, 1.165) is 37.0 Å². The van der Waals surface area contributed by atoms with Crippen molar-refractivity contribution in [2.24, 2.45) is 0 Å². The summed E-state index contributed by atoms with van der Waals surface area (Å²) >= 11 is 0. The zero-order valence-corrected chi connectivity index (χ0v) is 17.3. The number of ether oxygens (including phenoxy) is 1. The van der Waals surface area contributed by atoms with Crippen LogP contribution in [0.1, 0.15) is 50.5 Å². The third kappa shape index (κ3) is 7.89. The number of rotatable bonds is 9. The zero-order chi connectivity index (χ0) is 19.7. The van der Waals surface area contributed by atoms with Gasteiger partial charge >= 0.3 is 0 Å². The third-order valence-corrected chi connectivity index (χ3v) is 6.39. The second-order valence-electron chi connectivity index (χ2n) is 7.27. The number of carbonyl (C=O) groups excluding carboxylic acids is 1. The maximum absolute atomic E-state index is 12.3. The molecule has 27 heavy (non-hydrogen) atoms. The molecule has 2 rings (SSSR count). The molecule has 0 heterocycles. The number of amides is 1. The Kier molecular flexibility index (Phi) is 8.57. The summed E-state index contributed by atoms with van der Waals surface area (Å²) in [5.41, 5.74) is 1.03. The van der Waals surface area contributed by atoms with Crippen LogP contribution in [0.3, 0.4) is 0 Å². The van der Waals surface area contributed by atoms with Crippen LogP contribution in [-0.4, -0.2) is 51.1 Å². The van der Waals surface area contributed by atoms with E-state index in [-0.39, 0.29) is 24.9 Å². The molecule has 1 aliphatic carbocycles. The molecule has 0 saturated heterocycles. The average Bonchev–Trinajstić information content (AvgIpc) is 2.89. The van der Waals surface area contributed by atoms with Crippen molar-refractivity contribution in [1.29, 1.82) is 0 Å². The van der Waals surface area contributed by atoms with Gasteiger partial charge in [0.15, 0.2) is 0 Å². The molecule has 0 radical (unpaired) electrons. The van der Waals surface area contributed by atoms with E-state index < -0.39 is 10.0 Å². The van der Waals surface area contributed by atoms with Crippen LogP contribution in [-0.2, 0) is 21.2 Å². The van der Waals surface area contributed by atoms with Crippen molar-refractivity contribution in [2.75, 3.05) is 26.5 Å². The van der Waals surface area contributed by atoms with Crippen LogP contribution in [0.2, 0.25) is 0 Å². The minimum Gasteiger partial charge on any atom is -0.497 e. The van der Waals surface area contributed by atoms with Crippen molar-refractivity contribution in [1.82, 2.24) is 9.62 Å². The monoisotopic (exact) mass is 396 g/mol. The average molecular weight is 397 g/mol. The van der Waals surface area contributed by atoms with E-state index in [1.165, 1.54) is 23.4 Å². The lowest BCUT2D eigenvalue weighted by Gasteiger charge is -2.21. The fraction of sp³-hybridized carbons (Fsp3) is 0.650. The third-order valence-electron chi connectivity index (χ3n) is 5.09. The van der Waals surface area contributed by atoms with Crippen molar-refractivity contribution in [3.8, 4) is 5.75 Å². The van der Waals surface area contributed by atoms with Gasteiger partial charge in [-0.1, -0.05) is 37.8 Å². The lowest BCUT2D eigenvalue weighted by atomic mass is 10.1. The standard InChI is InChI=1S/C20H32N2O4S/c1-26-19-11-9-17(10-12-19)13-15-22(27(2,24)25)16-14-20(23)21-18-7-5-3-4-6-8-18/h9-12,18H,3-8,13-16H2,1-2H3,(H,21,23). The van der Waals surface area contributed by atoms with Gasteiger partial charge in [0.05, 0.1) is 13.4 Å². The summed E-state index contributed by atoms with van der Waals surface area (Å²) in [7, 11) is -1.74. The summed E-state index contributed by atoms with van der Waals surface area (Å²) in [6.45, 7) is 0.579. The lowest BCUT2D eigenvalue weighted by Crippen LogP contribution is -2.39. The second kappa shape index (κ2) is 10.7. The minimum absolute atomic E-state index is 0.0556. The molecule has 1 amide bonds. The summed E-state index contributed by atoms with van der Waals surface area (Å²) < 4.78 is 30.7. The maximum Gasteiger partial charge on any atom is 0.221 e. The van der Waals surface area contributed by atoms with Gasteiger partial charge in [-0.25, -0.2) is 12.7 Å². The van der Waals surface area contributed by atoms with Crippen LogP contribution in [0.4, 0.5) is 0 Å². The molecule has 0 aliphatic heterocycles. The summed E-state index contributed by atoms with van der Waals surface area (Å²) in [4.78, 5) is 12.3. The Bertz CT molecular complexity index is 680. The number of sulfonamides is 1. The molecule has 1 aromatic rings. The van der Waals surface area contributed by atoms with E-state index in [1.54, 1.807) is 7.11 Å². The topological polar surface area (TPSA) is 75.7 Å². The van der Waals surface area contributed by atoms with E-state index in [2.05, 4.69) is 5.32 Å². The van der Waals surface area contributed by atoms with Gasteiger partial charge in [-0.05, 0) is 37.0 Å². The maximum atomic E-state index is 12.3. The number of nitrogens with zero attached hydrogens (tertiary/aromatic N) is 1. The molecule has 0 aromatic heterocycles. The minimum atomic E-state index is -3.35. The quantitative estimate of drug-likeness (QED) is 0.651. The van der Waals surface area contributed by atoms with Crippen molar-refractivity contribution in [2.45, 2.75) is 57.4 Å². The SMILES string of the molecule is COc1ccc(CCN(CCC(=O)NC2CCCCCC2)S(C)(=O)=O)cc1. The first-order valence-corrected chi connectivity index (χ1v) is 11.6. The zero-order valence-electron chi connectivity index (χ0n) is 16.4. The van der Waals surface area contributed by atoms with Gasteiger partial charge in [0, 0.05) is 25.6 Å². The van der Waals surface area contributed by atoms with Gasteiger partial charge in [-0.2, -0.15) is 0 Å². The van der Waals surface area contributed by atoms with Gasteiger partial charge in [0.2, 0.25) is 15.9 Å². The number of hydrogen-bond acceptors (Lipinski definition) is 4. The fourth-order valence-corrected chi connectivity index (χ4v) is 4.29. The Morgan fingerprint density at radius 2 is 1.74 bits per heavy atom. The summed E-state index contributed by atoms with van der Waals surface area (Å²) in [5, 5.41) is 3.08. The van der Waals surface area contributed by atoms with Crippen LogP contribution in [0.15, 0.2) is 24.3 Å². The summed E-state index contributed by atoms with van der Waals surface area (Å²) in [5.74, 6) is 0.717. The number of methoxy groups -OCH3 is 1. The molecular weight excluding hydrogens is 364 g/mol. The Morgan fingerprint density at radius 3 is 2.30 bits per heavy atom. The Morgan fingerprint density at radius 1 is 1.11 bits per heavy atom. The lowest BCUT2D eigenvalue weighted by molar-refractivity contribution is -0.122. The van der Waals surface area contributed by atoms with E-state index in [0.29, 0.717) is 13.0 Å². The van der Waals surface area contributed by atoms with Crippen LogP contribution in [0.25, 0.3) is 0 Å². The molecular formula is C20H32N2O4S. The predicted molar refractivity (Wildman–Crippen MR) is 107 cm³/mol. The first-order chi connectivity index (χ1) is 12.9. The molecule has 1 aromatic carbocycles. The van der Waals surface area contributed by atoms with Crippen molar-refractivity contribution in [3.63, 3.8) is 0 Å². The van der Waals surface area contributed by atoms with Crippen molar-refractivity contribution < 1.29 is 17.9 Å². The molecule has 0 spiro atoms. The smallest absolute Gasteiger partial charge is 0.221 e. The molecule has 6 nitrogen and oxygen atoms in total. The summed E-state index contributed by atoms with van der Waals surface area (Å²) in [6, 6.07) is 7.82. The van der Waals surface area contributed by atoms with Gasteiger partial charge in [-0.3, -0.25) is 4.79 Å². The molecule has 0 bridgehead atoms. The Hall–Kier alpha value is -1.60. The van der Waals surface area contributed by atoms with E-state index in [4.69, 9.17) is 4.74 Å². The molecule has 1 fully saturated rings. The van der Waals surface area contributed by atoms with E-state index in [1.807, 2.05) is 24.3 Å². The fourth-order valence-electron chi connectivity index (χ4n) is 3.44.